The summed E-state index contributed by atoms with van der Waals surface area (Å²) in [5.74, 6) is -2.33. The Morgan fingerprint density at radius 2 is 1.93 bits per heavy atom. The van der Waals surface area contributed by atoms with Crippen molar-refractivity contribution in [2.45, 2.75) is 43.5 Å². The van der Waals surface area contributed by atoms with Gasteiger partial charge in [-0.05, 0) is 43.2 Å². The van der Waals surface area contributed by atoms with E-state index in [0.717, 1.165) is 6.07 Å². The van der Waals surface area contributed by atoms with E-state index in [2.05, 4.69) is 10.1 Å². The van der Waals surface area contributed by atoms with E-state index in [1.165, 1.54) is 12.1 Å². The third-order valence-corrected chi connectivity index (χ3v) is 5.94. The molecule has 1 N–H and O–H groups in total. The van der Waals surface area contributed by atoms with Crippen LogP contribution in [-0.4, -0.2) is 48.5 Å². The van der Waals surface area contributed by atoms with Crippen molar-refractivity contribution in [1.29, 1.82) is 0 Å². The quantitative estimate of drug-likeness (QED) is 0.768. The minimum atomic E-state index is -4.96. The molecule has 3 fully saturated rings. The van der Waals surface area contributed by atoms with Gasteiger partial charge in [-0.25, -0.2) is 9.18 Å². The van der Waals surface area contributed by atoms with Crippen LogP contribution in [0.2, 0.25) is 0 Å². The first-order valence-electron chi connectivity index (χ1n) is 9.44. The van der Waals surface area contributed by atoms with Crippen molar-refractivity contribution in [3.8, 4) is 5.75 Å². The highest BCUT2D eigenvalue weighted by atomic mass is 19.4. The molecule has 0 aromatic heterocycles. The lowest BCUT2D eigenvalue weighted by Crippen LogP contribution is -2.58. The number of likely N-dealkylation sites (tertiary alicyclic amines) is 1. The van der Waals surface area contributed by atoms with Gasteiger partial charge in [0.2, 0.25) is 5.91 Å². The van der Waals surface area contributed by atoms with E-state index >= 15 is 0 Å². The summed E-state index contributed by atoms with van der Waals surface area (Å²) in [6.07, 6.45) is -3.45. The molecule has 4 rings (SSSR count). The summed E-state index contributed by atoms with van der Waals surface area (Å²) >= 11 is 0. The number of rotatable bonds is 3. The van der Waals surface area contributed by atoms with E-state index in [4.69, 9.17) is 4.74 Å². The summed E-state index contributed by atoms with van der Waals surface area (Å²) in [6, 6.07) is 3.74. The second-order valence-corrected chi connectivity index (χ2v) is 7.89. The highest BCUT2D eigenvalue weighted by molar-refractivity contribution is 5.81. The Kier molecular flexibility index (Phi) is 4.82. The first kappa shape index (κ1) is 19.8. The molecule has 2 aliphatic heterocycles. The molecule has 0 atom stereocenters. The smallest absolute Gasteiger partial charge is 0.447 e. The maximum Gasteiger partial charge on any atom is 0.573 e. The fraction of sp³-hybridized carbons (Fsp3) is 0.579. The number of amides is 2. The molecule has 1 saturated carbocycles. The number of carbonyl (C=O) groups excluding carboxylic acids is 2. The van der Waals surface area contributed by atoms with E-state index in [0.29, 0.717) is 38.8 Å². The molecule has 158 valence electrons. The number of carbonyl (C=O) groups is 2. The average Bonchev–Trinajstić information content (AvgIpc) is 3.03. The van der Waals surface area contributed by atoms with Gasteiger partial charge in [-0.2, -0.15) is 0 Å². The van der Waals surface area contributed by atoms with Crippen LogP contribution in [0.15, 0.2) is 18.2 Å². The fourth-order valence-electron chi connectivity index (χ4n) is 4.49. The molecule has 1 aromatic rings. The summed E-state index contributed by atoms with van der Waals surface area (Å²) < 4.78 is 60.4. The van der Waals surface area contributed by atoms with Crippen molar-refractivity contribution in [3.63, 3.8) is 0 Å². The number of hydrogen-bond donors (Lipinski definition) is 1. The zero-order valence-electron chi connectivity index (χ0n) is 15.4. The molecule has 0 unspecified atom stereocenters. The van der Waals surface area contributed by atoms with Crippen LogP contribution in [0.25, 0.3) is 0 Å². The summed E-state index contributed by atoms with van der Waals surface area (Å²) in [5.41, 5.74) is -0.259. The normalized spacial score (nSPS) is 27.4. The van der Waals surface area contributed by atoms with E-state index in [1.54, 1.807) is 4.90 Å². The highest BCUT2D eigenvalue weighted by Gasteiger charge is 2.53. The summed E-state index contributed by atoms with van der Waals surface area (Å²) in [6.45, 7) is 1.08. The van der Waals surface area contributed by atoms with Crippen LogP contribution in [0.5, 0.6) is 5.75 Å². The van der Waals surface area contributed by atoms with Crippen LogP contribution >= 0.6 is 0 Å². The third-order valence-electron chi connectivity index (χ3n) is 5.94. The summed E-state index contributed by atoms with van der Waals surface area (Å²) in [5, 5.41) is 2.75. The predicted octanol–water partition coefficient (Wildman–Crippen LogP) is 3.32. The second-order valence-electron chi connectivity index (χ2n) is 7.89. The number of cyclic esters (lactones) is 1. The van der Waals surface area contributed by atoms with E-state index < -0.39 is 29.6 Å². The molecule has 2 heterocycles. The first-order valence-corrected chi connectivity index (χ1v) is 9.44. The van der Waals surface area contributed by atoms with Crippen molar-refractivity contribution in [2.75, 3.05) is 19.7 Å². The maximum absolute atomic E-state index is 14.5. The summed E-state index contributed by atoms with van der Waals surface area (Å²) in [7, 11) is 0. The molecule has 6 nitrogen and oxygen atoms in total. The Labute approximate surface area is 164 Å². The Hall–Kier alpha value is -2.52. The number of halogens is 4. The predicted molar refractivity (Wildman–Crippen MR) is 91.6 cm³/mol. The number of alkyl carbamates (subject to hydrolysis) is 1. The lowest BCUT2D eigenvalue weighted by molar-refractivity contribution is -0.275. The Morgan fingerprint density at radius 1 is 1.24 bits per heavy atom. The second kappa shape index (κ2) is 7.07. The van der Waals surface area contributed by atoms with Gasteiger partial charge in [-0.1, -0.05) is 12.1 Å². The minimum Gasteiger partial charge on any atom is -0.447 e. The largest absolute Gasteiger partial charge is 0.573 e. The van der Waals surface area contributed by atoms with Gasteiger partial charge in [0.15, 0.2) is 11.6 Å². The van der Waals surface area contributed by atoms with Crippen LogP contribution in [0.3, 0.4) is 0 Å². The molecular weight excluding hydrogens is 396 g/mol. The molecule has 0 radical (unpaired) electrons. The van der Waals surface area contributed by atoms with Gasteiger partial charge < -0.3 is 19.7 Å². The minimum absolute atomic E-state index is 0.00940. The zero-order chi connectivity index (χ0) is 20.8. The maximum atomic E-state index is 14.5. The molecule has 3 aliphatic rings. The average molecular weight is 416 g/mol. The van der Waals surface area contributed by atoms with Gasteiger partial charge in [0, 0.05) is 19.0 Å². The molecule has 2 amide bonds. The molecule has 10 heteroatoms. The van der Waals surface area contributed by atoms with Gasteiger partial charge in [0.05, 0.1) is 5.54 Å². The Morgan fingerprint density at radius 3 is 2.52 bits per heavy atom. The lowest BCUT2D eigenvalue weighted by atomic mass is 9.68. The number of hydrogen-bond acceptors (Lipinski definition) is 4. The molecule has 1 aliphatic carbocycles. The number of alkyl halides is 3. The van der Waals surface area contributed by atoms with Gasteiger partial charge in [0.1, 0.15) is 6.61 Å². The van der Waals surface area contributed by atoms with Crippen molar-refractivity contribution in [1.82, 2.24) is 10.2 Å². The molecule has 29 heavy (non-hydrogen) atoms. The molecule has 0 bridgehead atoms. The van der Waals surface area contributed by atoms with Crippen LogP contribution in [0.4, 0.5) is 22.4 Å². The van der Waals surface area contributed by atoms with Crippen LogP contribution in [0.1, 0.15) is 37.2 Å². The monoisotopic (exact) mass is 416 g/mol. The molecule has 2 saturated heterocycles. The number of benzene rings is 1. The Balaban J connectivity index is 1.34. The first-order chi connectivity index (χ1) is 13.7. The van der Waals surface area contributed by atoms with Crippen molar-refractivity contribution >= 4 is 12.0 Å². The molecule has 1 aromatic carbocycles. The third kappa shape index (κ3) is 3.97. The van der Waals surface area contributed by atoms with E-state index in [1.807, 2.05) is 0 Å². The SMILES string of the molecule is O=C1N[C@]2(CO1)C[C@H](C(=O)N1CCC(c3cccc(OC(F)(F)F)c3F)CC1)C2. The van der Waals surface area contributed by atoms with Crippen LogP contribution in [0, 0.1) is 11.7 Å². The topological polar surface area (TPSA) is 67.9 Å². The number of nitrogens with zero attached hydrogens (tertiary/aromatic N) is 1. The number of nitrogens with one attached hydrogen (secondary N) is 1. The number of ether oxygens (including phenoxy) is 2. The zero-order valence-corrected chi connectivity index (χ0v) is 15.4. The fourth-order valence-corrected chi connectivity index (χ4v) is 4.49. The van der Waals surface area contributed by atoms with Crippen molar-refractivity contribution in [3.05, 3.63) is 29.6 Å². The van der Waals surface area contributed by atoms with Gasteiger partial charge in [0.25, 0.3) is 0 Å². The van der Waals surface area contributed by atoms with Gasteiger partial charge in [-0.15, -0.1) is 13.2 Å². The Bertz CT molecular complexity index is 815. The molecular formula is C19H20F4N2O4. The van der Waals surface area contributed by atoms with Gasteiger partial charge in [-0.3, -0.25) is 4.79 Å². The van der Waals surface area contributed by atoms with Crippen molar-refractivity contribution < 1.29 is 36.6 Å². The summed E-state index contributed by atoms with van der Waals surface area (Å²) in [4.78, 5) is 25.6. The van der Waals surface area contributed by atoms with E-state index in [9.17, 15) is 27.2 Å². The number of piperidine rings is 1. The highest BCUT2D eigenvalue weighted by Crippen LogP contribution is 2.42. The molecule has 1 spiro atoms. The lowest BCUT2D eigenvalue weighted by Gasteiger charge is -2.45. The van der Waals surface area contributed by atoms with Crippen molar-refractivity contribution in [2.24, 2.45) is 5.92 Å². The van der Waals surface area contributed by atoms with Crippen LogP contribution in [-0.2, 0) is 9.53 Å². The van der Waals surface area contributed by atoms with Gasteiger partial charge >= 0.3 is 12.5 Å². The van der Waals surface area contributed by atoms with Crippen LogP contribution < -0.4 is 10.1 Å². The van der Waals surface area contributed by atoms with E-state index in [-0.39, 0.29) is 29.9 Å². The standard InChI is InChI=1S/C19H20F4N2O4/c20-15-13(2-1-3-14(15)29-19(21,22)23)11-4-6-25(7-5-11)16(26)12-8-18(9-12)10-28-17(27)24-18/h1-3,11-12H,4-10H2,(H,24,27)/t12-,18+.